The molecule has 2 bridgehead atoms. The Morgan fingerprint density at radius 3 is 2.36 bits per heavy atom. The molecule has 2 aromatic heterocycles. The van der Waals surface area contributed by atoms with E-state index < -0.39 is 17.6 Å². The summed E-state index contributed by atoms with van der Waals surface area (Å²) in [6, 6.07) is 2.26. The van der Waals surface area contributed by atoms with Crippen LogP contribution in [0.5, 0.6) is 5.88 Å². The maximum atomic E-state index is 14.3. The smallest absolute Gasteiger partial charge is 0.417 e. The van der Waals surface area contributed by atoms with Gasteiger partial charge in [0.25, 0.3) is 5.91 Å². The van der Waals surface area contributed by atoms with Gasteiger partial charge < -0.3 is 19.7 Å². The van der Waals surface area contributed by atoms with Crippen molar-refractivity contribution in [3.05, 3.63) is 29.8 Å². The first-order chi connectivity index (χ1) is 18.5. The second kappa shape index (κ2) is 10.4. The van der Waals surface area contributed by atoms with Crippen LogP contribution in [-0.4, -0.2) is 76.0 Å². The fraction of sp³-hybridized carbons (Fsp3) is 0.615. The predicted molar refractivity (Wildman–Crippen MR) is 130 cm³/mol. The molecule has 39 heavy (non-hydrogen) atoms. The van der Waals surface area contributed by atoms with Gasteiger partial charge in [-0.25, -0.2) is 9.37 Å². The lowest BCUT2D eigenvalue weighted by Crippen LogP contribution is -2.54. The number of nitrogens with one attached hydrogen (secondary N) is 2. The van der Waals surface area contributed by atoms with E-state index in [4.69, 9.17) is 9.47 Å². The molecule has 2 aliphatic heterocycles. The number of aromatic nitrogens is 3. The van der Waals surface area contributed by atoms with Gasteiger partial charge in [0.2, 0.25) is 11.8 Å². The molecule has 1 aliphatic carbocycles. The van der Waals surface area contributed by atoms with Crippen molar-refractivity contribution in [1.29, 1.82) is 0 Å². The third-order valence-electron chi connectivity index (χ3n) is 8.51. The van der Waals surface area contributed by atoms with Crippen molar-refractivity contribution in [2.75, 3.05) is 14.2 Å². The summed E-state index contributed by atoms with van der Waals surface area (Å²) < 4.78 is 64.6. The largest absolute Gasteiger partial charge is 0.481 e. The third-order valence-corrected chi connectivity index (χ3v) is 8.51. The minimum Gasteiger partial charge on any atom is -0.481 e. The molecule has 2 N–H and O–H groups in total. The first-order valence-corrected chi connectivity index (χ1v) is 13.1. The van der Waals surface area contributed by atoms with Crippen LogP contribution in [0.4, 0.5) is 17.6 Å². The molecule has 0 aromatic carbocycles. The number of amides is 2. The van der Waals surface area contributed by atoms with Crippen molar-refractivity contribution in [2.45, 2.75) is 81.3 Å². The maximum Gasteiger partial charge on any atom is 0.417 e. The molecule has 3 fully saturated rings. The summed E-state index contributed by atoms with van der Waals surface area (Å²) in [5.74, 6) is -1.16. The zero-order chi connectivity index (χ0) is 27.9. The molecule has 3 aliphatic rings. The quantitative estimate of drug-likeness (QED) is 0.524. The molecule has 9 nitrogen and oxygen atoms in total. The van der Waals surface area contributed by atoms with E-state index in [-0.39, 0.29) is 78.7 Å². The van der Waals surface area contributed by atoms with Crippen LogP contribution in [0.15, 0.2) is 18.3 Å². The number of carbonyl (C=O) groups is 2. The number of carbonyl (C=O) groups excluding carboxylic acids is 2. The lowest BCUT2D eigenvalue weighted by Gasteiger charge is -2.41. The number of halogens is 4. The molecule has 13 heteroatoms. The van der Waals surface area contributed by atoms with Gasteiger partial charge in [-0.2, -0.15) is 18.3 Å². The van der Waals surface area contributed by atoms with E-state index >= 15 is 0 Å². The van der Waals surface area contributed by atoms with Crippen molar-refractivity contribution >= 4 is 11.8 Å². The van der Waals surface area contributed by atoms with E-state index in [2.05, 4.69) is 20.5 Å². The molecule has 2 saturated heterocycles. The van der Waals surface area contributed by atoms with Crippen LogP contribution in [-0.2, 0) is 9.53 Å². The number of alkyl halides is 3. The molecule has 212 valence electrons. The van der Waals surface area contributed by atoms with Gasteiger partial charge in [0.15, 0.2) is 17.1 Å². The van der Waals surface area contributed by atoms with Crippen molar-refractivity contribution in [3.8, 4) is 17.1 Å². The number of aromatic amines is 1. The van der Waals surface area contributed by atoms with E-state index in [1.54, 1.807) is 4.90 Å². The summed E-state index contributed by atoms with van der Waals surface area (Å²) >= 11 is 0. The highest BCUT2D eigenvalue weighted by Crippen LogP contribution is 2.44. The van der Waals surface area contributed by atoms with E-state index in [1.807, 2.05) is 0 Å². The Morgan fingerprint density at radius 1 is 1.10 bits per heavy atom. The standard InChI is InChI=1S/C26H31F4N5O4/c1-38-22-11-18(19(27)13-31-22)20-12-21(34-33-20)24(37)35-16-3-4-17(35)10-14(9-16)23(36)32-15-5-7-25(39-2,8-6-15)26(28,29)30/h11-17H,3-10H2,1-2H3,(H,32,36)(H,33,34)/t14-,15-,16-,17?,25+/m0/s1. The van der Waals surface area contributed by atoms with Crippen LogP contribution in [0.1, 0.15) is 61.9 Å². The summed E-state index contributed by atoms with van der Waals surface area (Å²) in [5, 5.41) is 9.78. The summed E-state index contributed by atoms with van der Waals surface area (Å²) in [4.78, 5) is 32.0. The normalized spacial score (nSPS) is 28.8. The Morgan fingerprint density at radius 2 is 1.77 bits per heavy atom. The zero-order valence-electron chi connectivity index (χ0n) is 21.7. The summed E-state index contributed by atoms with van der Waals surface area (Å²) in [7, 11) is 2.50. The Hall–Kier alpha value is -3.22. The monoisotopic (exact) mass is 553 g/mol. The van der Waals surface area contributed by atoms with Crippen molar-refractivity contribution in [2.24, 2.45) is 5.92 Å². The van der Waals surface area contributed by atoms with Crippen molar-refractivity contribution < 1.29 is 36.6 Å². The number of fused-ring (bicyclic) bond motifs is 2. The highest BCUT2D eigenvalue weighted by molar-refractivity contribution is 5.94. The second-order valence-corrected chi connectivity index (χ2v) is 10.6. The van der Waals surface area contributed by atoms with Gasteiger partial charge in [-0.05, 0) is 57.4 Å². The molecule has 5 rings (SSSR count). The molecule has 1 saturated carbocycles. The average Bonchev–Trinajstić information content (AvgIpc) is 3.50. The molecular weight excluding hydrogens is 522 g/mol. The Kier molecular flexibility index (Phi) is 7.29. The third kappa shape index (κ3) is 5.08. The van der Waals surface area contributed by atoms with Crippen LogP contribution in [0, 0.1) is 11.7 Å². The van der Waals surface area contributed by atoms with Gasteiger partial charge >= 0.3 is 6.18 Å². The molecule has 0 spiro atoms. The van der Waals surface area contributed by atoms with E-state index in [0.717, 1.165) is 26.1 Å². The second-order valence-electron chi connectivity index (χ2n) is 10.6. The molecule has 0 radical (unpaired) electrons. The highest BCUT2D eigenvalue weighted by Gasteiger charge is 2.56. The van der Waals surface area contributed by atoms with Crippen LogP contribution in [0.3, 0.4) is 0 Å². The number of piperidine rings is 1. The van der Waals surface area contributed by atoms with Gasteiger partial charge in [0.1, 0.15) is 0 Å². The van der Waals surface area contributed by atoms with Gasteiger partial charge in [0, 0.05) is 42.8 Å². The summed E-state index contributed by atoms with van der Waals surface area (Å²) in [5.41, 5.74) is -1.52. The minimum absolute atomic E-state index is 0.147. The van der Waals surface area contributed by atoms with E-state index in [1.165, 1.54) is 19.2 Å². The Labute approximate surface area is 222 Å². The number of pyridine rings is 1. The molecule has 4 heterocycles. The van der Waals surface area contributed by atoms with Gasteiger partial charge in [-0.1, -0.05) is 0 Å². The van der Waals surface area contributed by atoms with Gasteiger partial charge in [0.05, 0.1) is 19.0 Å². The number of ether oxygens (including phenoxy) is 2. The summed E-state index contributed by atoms with van der Waals surface area (Å²) in [6.07, 6.45) is -0.997. The summed E-state index contributed by atoms with van der Waals surface area (Å²) in [6.45, 7) is 0. The molecular formula is C26H31F4N5O4. The number of H-pyrrole nitrogens is 1. The number of hydrogen-bond acceptors (Lipinski definition) is 6. The van der Waals surface area contributed by atoms with Gasteiger partial charge in [-0.3, -0.25) is 14.7 Å². The Bertz CT molecular complexity index is 1210. The van der Waals surface area contributed by atoms with Crippen LogP contribution >= 0.6 is 0 Å². The predicted octanol–water partition coefficient (Wildman–Crippen LogP) is 4.01. The topological polar surface area (TPSA) is 109 Å². The maximum absolute atomic E-state index is 14.3. The van der Waals surface area contributed by atoms with Crippen molar-refractivity contribution in [3.63, 3.8) is 0 Å². The SMILES string of the molecule is COc1cc(-c2cc(C(=O)N3C4CC[C@H]3C[C@H](C(=O)N[C@H]3CC[C@](OC)(C(F)(F)F)CC3)C4)n[nH]2)c(F)cn1. The molecule has 2 amide bonds. The van der Waals surface area contributed by atoms with E-state index in [9.17, 15) is 27.2 Å². The van der Waals surface area contributed by atoms with Crippen LogP contribution in [0.25, 0.3) is 11.3 Å². The number of hydrogen-bond donors (Lipinski definition) is 2. The minimum atomic E-state index is -4.45. The molecule has 1 unspecified atom stereocenters. The van der Waals surface area contributed by atoms with Gasteiger partial charge in [-0.15, -0.1) is 0 Å². The average molecular weight is 554 g/mol. The molecule has 2 aromatic rings. The van der Waals surface area contributed by atoms with Crippen LogP contribution in [0.2, 0.25) is 0 Å². The molecule has 3 atom stereocenters. The number of rotatable bonds is 6. The Balaban J connectivity index is 1.20. The lowest BCUT2D eigenvalue weighted by atomic mass is 9.81. The number of nitrogens with zero attached hydrogens (tertiary/aromatic N) is 3. The zero-order valence-corrected chi connectivity index (χ0v) is 21.7. The first-order valence-electron chi connectivity index (χ1n) is 13.1. The highest BCUT2D eigenvalue weighted by atomic mass is 19.4. The fourth-order valence-electron chi connectivity index (χ4n) is 6.31. The van der Waals surface area contributed by atoms with E-state index in [0.29, 0.717) is 18.5 Å². The first kappa shape index (κ1) is 27.4. The van der Waals surface area contributed by atoms with Crippen molar-refractivity contribution in [1.82, 2.24) is 25.4 Å². The number of methoxy groups -OCH3 is 2. The fourth-order valence-corrected chi connectivity index (χ4v) is 6.31. The van der Waals surface area contributed by atoms with Crippen LogP contribution < -0.4 is 10.1 Å². The lowest BCUT2D eigenvalue weighted by molar-refractivity contribution is -0.280.